The molecule has 0 fully saturated rings. The van der Waals surface area contributed by atoms with Crippen LogP contribution in [-0.4, -0.2) is 15.0 Å². The molecule has 0 unspecified atom stereocenters. The molecule has 100 valence electrons. The number of hydrogen-bond acceptors (Lipinski definition) is 2. The quantitative estimate of drug-likeness (QED) is 0.591. The summed E-state index contributed by atoms with van der Waals surface area (Å²) in [5.74, 6) is 0.800. The van der Waals surface area contributed by atoms with Gasteiger partial charge < -0.3 is 4.98 Å². The number of fused-ring (bicyclic) bond motifs is 1. The van der Waals surface area contributed by atoms with Gasteiger partial charge in [-0.3, -0.25) is 0 Å². The minimum absolute atomic E-state index is 0.800. The highest BCUT2D eigenvalue weighted by Crippen LogP contribution is 2.22. The van der Waals surface area contributed by atoms with Crippen LogP contribution in [0.1, 0.15) is 0 Å². The third-order valence-corrected chi connectivity index (χ3v) is 3.45. The van der Waals surface area contributed by atoms with Crippen LogP contribution in [0.3, 0.4) is 0 Å². The largest absolute Gasteiger partial charge is 0.337 e. The van der Waals surface area contributed by atoms with Crippen molar-refractivity contribution in [3.05, 3.63) is 72.8 Å². The number of imidazole rings is 1. The first-order valence-electron chi connectivity index (χ1n) is 6.88. The Kier molecular flexibility index (Phi) is 2.75. The third kappa shape index (κ3) is 2.19. The van der Waals surface area contributed by atoms with Crippen LogP contribution in [-0.2, 0) is 0 Å². The van der Waals surface area contributed by atoms with E-state index in [4.69, 9.17) is 4.98 Å². The van der Waals surface area contributed by atoms with E-state index in [0.717, 1.165) is 33.8 Å². The van der Waals surface area contributed by atoms with Gasteiger partial charge in [-0.2, -0.15) is 0 Å². The molecule has 4 aromatic rings. The van der Waals surface area contributed by atoms with E-state index in [2.05, 4.69) is 22.1 Å². The molecule has 4 rings (SSSR count). The van der Waals surface area contributed by atoms with Crippen molar-refractivity contribution in [2.24, 2.45) is 0 Å². The molecule has 21 heavy (non-hydrogen) atoms. The minimum Gasteiger partial charge on any atom is -0.337 e. The number of aromatic amines is 1. The van der Waals surface area contributed by atoms with Crippen LogP contribution in [0.25, 0.3) is 33.8 Å². The zero-order chi connectivity index (χ0) is 14.1. The fourth-order valence-electron chi connectivity index (χ4n) is 2.41. The number of rotatable bonds is 2. The number of benzene rings is 2. The standard InChI is InChI=1S/C18H13N3/c1-2-7-13(8-3-1)14-11-6-12-17(19-14)18-20-15-9-4-5-10-16(15)21-18/h1-12H,(H,20,21). The van der Waals surface area contributed by atoms with Gasteiger partial charge in [0.05, 0.1) is 16.7 Å². The fraction of sp³-hybridized carbons (Fsp3) is 0. The van der Waals surface area contributed by atoms with E-state index < -0.39 is 0 Å². The first-order chi connectivity index (χ1) is 10.4. The Morgan fingerprint density at radius 3 is 2.24 bits per heavy atom. The minimum atomic E-state index is 0.800. The number of hydrogen-bond donors (Lipinski definition) is 1. The van der Waals surface area contributed by atoms with Gasteiger partial charge in [-0.1, -0.05) is 48.5 Å². The first-order valence-corrected chi connectivity index (χ1v) is 6.88. The Hall–Kier alpha value is -2.94. The Morgan fingerprint density at radius 2 is 1.38 bits per heavy atom. The maximum Gasteiger partial charge on any atom is 0.157 e. The molecule has 1 N–H and O–H groups in total. The molecular formula is C18H13N3. The molecule has 3 heteroatoms. The van der Waals surface area contributed by atoms with Crippen LogP contribution in [0.4, 0.5) is 0 Å². The van der Waals surface area contributed by atoms with Gasteiger partial charge in [0, 0.05) is 5.56 Å². The molecule has 0 aliphatic carbocycles. The second-order valence-corrected chi connectivity index (χ2v) is 4.88. The van der Waals surface area contributed by atoms with Gasteiger partial charge in [0.1, 0.15) is 5.69 Å². The smallest absolute Gasteiger partial charge is 0.157 e. The zero-order valence-corrected chi connectivity index (χ0v) is 11.3. The average Bonchev–Trinajstić information content (AvgIpc) is 3.00. The van der Waals surface area contributed by atoms with Crippen molar-refractivity contribution in [1.29, 1.82) is 0 Å². The summed E-state index contributed by atoms with van der Waals surface area (Å²) in [4.78, 5) is 12.6. The highest BCUT2D eigenvalue weighted by atomic mass is 14.9. The van der Waals surface area contributed by atoms with E-state index in [1.807, 2.05) is 60.7 Å². The molecule has 0 bridgehead atoms. The molecule has 2 heterocycles. The van der Waals surface area contributed by atoms with E-state index in [-0.39, 0.29) is 0 Å². The topological polar surface area (TPSA) is 41.6 Å². The lowest BCUT2D eigenvalue weighted by molar-refractivity contribution is 1.24. The summed E-state index contributed by atoms with van der Waals surface area (Å²) in [5.41, 5.74) is 4.90. The Morgan fingerprint density at radius 1 is 0.619 bits per heavy atom. The van der Waals surface area contributed by atoms with Crippen LogP contribution in [0.5, 0.6) is 0 Å². The van der Waals surface area contributed by atoms with Crippen molar-refractivity contribution in [2.75, 3.05) is 0 Å². The molecule has 0 saturated carbocycles. The monoisotopic (exact) mass is 271 g/mol. The molecule has 0 saturated heterocycles. The lowest BCUT2D eigenvalue weighted by atomic mass is 10.1. The summed E-state index contributed by atoms with van der Waals surface area (Å²) in [6, 6.07) is 24.2. The number of H-pyrrole nitrogens is 1. The maximum absolute atomic E-state index is 4.71. The van der Waals surface area contributed by atoms with E-state index in [1.54, 1.807) is 0 Å². The van der Waals surface area contributed by atoms with Gasteiger partial charge in [0.2, 0.25) is 0 Å². The molecular weight excluding hydrogens is 258 g/mol. The molecule has 2 aromatic carbocycles. The predicted octanol–water partition coefficient (Wildman–Crippen LogP) is 4.29. The summed E-state index contributed by atoms with van der Waals surface area (Å²) in [6.07, 6.45) is 0. The molecule has 0 aliphatic heterocycles. The Labute approximate surface area is 122 Å². The van der Waals surface area contributed by atoms with Gasteiger partial charge in [-0.15, -0.1) is 0 Å². The second kappa shape index (κ2) is 4.87. The maximum atomic E-state index is 4.71. The third-order valence-electron chi connectivity index (χ3n) is 3.45. The van der Waals surface area contributed by atoms with Crippen molar-refractivity contribution in [3.63, 3.8) is 0 Å². The van der Waals surface area contributed by atoms with Crippen molar-refractivity contribution in [2.45, 2.75) is 0 Å². The number of pyridine rings is 1. The molecule has 0 atom stereocenters. The summed E-state index contributed by atoms with van der Waals surface area (Å²) >= 11 is 0. The van der Waals surface area contributed by atoms with E-state index in [9.17, 15) is 0 Å². The molecule has 3 nitrogen and oxygen atoms in total. The number of nitrogens with zero attached hydrogens (tertiary/aromatic N) is 2. The van der Waals surface area contributed by atoms with Crippen molar-refractivity contribution >= 4 is 11.0 Å². The summed E-state index contributed by atoms with van der Waals surface area (Å²) < 4.78 is 0. The average molecular weight is 271 g/mol. The normalized spacial score (nSPS) is 10.9. The van der Waals surface area contributed by atoms with Gasteiger partial charge in [-0.25, -0.2) is 9.97 Å². The molecule has 0 radical (unpaired) electrons. The number of aromatic nitrogens is 3. The van der Waals surface area contributed by atoms with E-state index >= 15 is 0 Å². The molecule has 0 amide bonds. The van der Waals surface area contributed by atoms with Crippen LogP contribution in [0.2, 0.25) is 0 Å². The number of nitrogens with one attached hydrogen (secondary N) is 1. The van der Waals surface area contributed by atoms with Crippen LogP contribution >= 0.6 is 0 Å². The van der Waals surface area contributed by atoms with Crippen molar-refractivity contribution in [3.8, 4) is 22.8 Å². The fourth-order valence-corrected chi connectivity index (χ4v) is 2.41. The highest BCUT2D eigenvalue weighted by molar-refractivity contribution is 5.78. The van der Waals surface area contributed by atoms with Gasteiger partial charge in [-0.05, 0) is 24.3 Å². The van der Waals surface area contributed by atoms with Gasteiger partial charge >= 0.3 is 0 Å². The van der Waals surface area contributed by atoms with Gasteiger partial charge in [0.25, 0.3) is 0 Å². The second-order valence-electron chi connectivity index (χ2n) is 4.88. The molecule has 2 aromatic heterocycles. The van der Waals surface area contributed by atoms with E-state index in [1.165, 1.54) is 0 Å². The summed E-state index contributed by atoms with van der Waals surface area (Å²) in [7, 11) is 0. The van der Waals surface area contributed by atoms with Crippen LogP contribution < -0.4 is 0 Å². The highest BCUT2D eigenvalue weighted by Gasteiger charge is 2.07. The zero-order valence-electron chi connectivity index (χ0n) is 11.3. The number of para-hydroxylation sites is 2. The first kappa shape index (κ1) is 11.9. The lowest BCUT2D eigenvalue weighted by Gasteiger charge is -2.02. The molecule has 0 spiro atoms. The SMILES string of the molecule is c1ccc(-c2cccc(-c3nc4ccccc4[nH]3)n2)cc1. The van der Waals surface area contributed by atoms with E-state index in [0.29, 0.717) is 0 Å². The van der Waals surface area contributed by atoms with Gasteiger partial charge in [0.15, 0.2) is 5.82 Å². The molecule has 0 aliphatic rings. The van der Waals surface area contributed by atoms with Crippen LogP contribution in [0.15, 0.2) is 72.8 Å². The summed E-state index contributed by atoms with van der Waals surface area (Å²) in [5, 5.41) is 0. The summed E-state index contributed by atoms with van der Waals surface area (Å²) in [6.45, 7) is 0. The Balaban J connectivity index is 1.82. The Bertz CT molecular complexity index is 861. The lowest BCUT2D eigenvalue weighted by Crippen LogP contribution is -1.88. The predicted molar refractivity (Wildman–Crippen MR) is 84.8 cm³/mol. The van der Waals surface area contributed by atoms with Crippen molar-refractivity contribution in [1.82, 2.24) is 15.0 Å². The van der Waals surface area contributed by atoms with Crippen molar-refractivity contribution < 1.29 is 0 Å². The van der Waals surface area contributed by atoms with Crippen LogP contribution in [0, 0.1) is 0 Å².